The van der Waals surface area contributed by atoms with Crippen LogP contribution in [0.5, 0.6) is 0 Å². The van der Waals surface area contributed by atoms with E-state index in [2.05, 4.69) is 27.1 Å². The number of aryl methyl sites for hydroxylation is 2. The van der Waals surface area contributed by atoms with Crippen molar-refractivity contribution in [2.45, 2.75) is 38.0 Å². The van der Waals surface area contributed by atoms with Gasteiger partial charge in [0.05, 0.1) is 17.8 Å². The van der Waals surface area contributed by atoms with Crippen molar-refractivity contribution in [1.29, 1.82) is 0 Å². The average Bonchev–Trinajstić information content (AvgIpc) is 3.00. The van der Waals surface area contributed by atoms with Crippen LogP contribution in [0.2, 0.25) is 0 Å². The van der Waals surface area contributed by atoms with Gasteiger partial charge in [-0.05, 0) is 43.5 Å². The quantitative estimate of drug-likeness (QED) is 0.822. The van der Waals surface area contributed by atoms with E-state index in [0.717, 1.165) is 38.2 Å². The molecule has 0 aromatic carbocycles. The number of methoxy groups -OCH3 is 1. The van der Waals surface area contributed by atoms with E-state index in [0.29, 0.717) is 11.7 Å². The first kappa shape index (κ1) is 18.1. The zero-order valence-electron chi connectivity index (χ0n) is 16.2. The molecule has 0 bridgehead atoms. The lowest BCUT2D eigenvalue weighted by atomic mass is 9.87. The van der Waals surface area contributed by atoms with Crippen molar-refractivity contribution in [3.05, 3.63) is 47.5 Å². The van der Waals surface area contributed by atoms with Crippen molar-refractivity contribution in [2.75, 3.05) is 26.7 Å². The van der Waals surface area contributed by atoms with Crippen molar-refractivity contribution in [1.82, 2.24) is 24.6 Å². The van der Waals surface area contributed by atoms with Gasteiger partial charge < -0.3 is 9.64 Å². The molecule has 1 amide bonds. The second kappa shape index (κ2) is 7.40. The summed E-state index contributed by atoms with van der Waals surface area (Å²) in [7, 11) is 3.62. The van der Waals surface area contributed by atoms with E-state index in [1.165, 1.54) is 5.56 Å². The molecular formula is C20H27N5O2. The number of carbonyl (C=O) groups excluding carboxylic acids is 1. The average molecular weight is 369 g/mol. The summed E-state index contributed by atoms with van der Waals surface area (Å²) in [5.74, 6) is 0.0839. The van der Waals surface area contributed by atoms with Gasteiger partial charge in [-0.2, -0.15) is 5.10 Å². The molecule has 2 fully saturated rings. The summed E-state index contributed by atoms with van der Waals surface area (Å²) in [4.78, 5) is 21.4. The van der Waals surface area contributed by atoms with Gasteiger partial charge in [-0.25, -0.2) is 0 Å². The Labute approximate surface area is 159 Å². The third-order valence-corrected chi connectivity index (χ3v) is 5.89. The molecule has 0 spiro atoms. The molecule has 7 heteroatoms. The van der Waals surface area contributed by atoms with E-state index in [-0.39, 0.29) is 18.1 Å². The highest BCUT2D eigenvalue weighted by molar-refractivity contribution is 5.92. The van der Waals surface area contributed by atoms with Gasteiger partial charge in [-0.15, -0.1) is 0 Å². The molecule has 7 nitrogen and oxygen atoms in total. The predicted octanol–water partition coefficient (Wildman–Crippen LogP) is 1.80. The van der Waals surface area contributed by atoms with E-state index in [4.69, 9.17) is 4.74 Å². The van der Waals surface area contributed by atoms with Crippen LogP contribution in [0.3, 0.4) is 0 Å². The first-order valence-electron chi connectivity index (χ1n) is 9.57. The number of pyridine rings is 1. The van der Waals surface area contributed by atoms with E-state index in [1.807, 2.05) is 37.3 Å². The molecule has 4 rings (SSSR count). The Balaban J connectivity index is 1.40. The summed E-state index contributed by atoms with van der Waals surface area (Å²) in [5.41, 5.74) is 2.80. The molecule has 2 aromatic rings. The predicted molar refractivity (Wildman–Crippen MR) is 101 cm³/mol. The minimum absolute atomic E-state index is 0.0839. The van der Waals surface area contributed by atoms with Gasteiger partial charge in [0, 0.05) is 52.2 Å². The van der Waals surface area contributed by atoms with Gasteiger partial charge >= 0.3 is 0 Å². The second-order valence-electron chi connectivity index (χ2n) is 7.51. The van der Waals surface area contributed by atoms with Gasteiger partial charge in [0.1, 0.15) is 5.69 Å². The maximum absolute atomic E-state index is 12.8. The molecule has 2 saturated heterocycles. The van der Waals surface area contributed by atoms with E-state index in [9.17, 15) is 4.79 Å². The van der Waals surface area contributed by atoms with Crippen molar-refractivity contribution in [2.24, 2.45) is 7.05 Å². The number of hydrogen-bond donors (Lipinski definition) is 0. The van der Waals surface area contributed by atoms with Crippen LogP contribution < -0.4 is 0 Å². The molecule has 27 heavy (non-hydrogen) atoms. The van der Waals surface area contributed by atoms with Gasteiger partial charge in [0.2, 0.25) is 0 Å². The summed E-state index contributed by atoms with van der Waals surface area (Å²) in [6, 6.07) is 6.78. The fraction of sp³-hybridized carbons (Fsp3) is 0.550. The summed E-state index contributed by atoms with van der Waals surface area (Å²) in [6.45, 7) is 4.43. The van der Waals surface area contributed by atoms with E-state index in [1.54, 1.807) is 11.8 Å². The Morgan fingerprint density at radius 1 is 1.22 bits per heavy atom. The van der Waals surface area contributed by atoms with Gasteiger partial charge in [-0.1, -0.05) is 0 Å². The topological polar surface area (TPSA) is 63.5 Å². The monoisotopic (exact) mass is 369 g/mol. The molecule has 0 N–H and O–H groups in total. The Kier molecular flexibility index (Phi) is 4.97. The lowest BCUT2D eigenvalue weighted by Gasteiger charge is -2.53. The third kappa shape index (κ3) is 3.37. The van der Waals surface area contributed by atoms with Crippen LogP contribution in [-0.2, 0) is 11.8 Å². The summed E-state index contributed by atoms with van der Waals surface area (Å²) in [5, 5.41) is 4.30. The molecule has 0 aliphatic carbocycles. The maximum atomic E-state index is 12.8. The molecule has 0 radical (unpaired) electrons. The highest BCUT2D eigenvalue weighted by atomic mass is 16.5. The number of ether oxygens (including phenoxy) is 1. The second-order valence-corrected chi connectivity index (χ2v) is 7.51. The largest absolute Gasteiger partial charge is 0.378 e. The molecule has 0 saturated carbocycles. The van der Waals surface area contributed by atoms with Crippen molar-refractivity contribution in [3.8, 4) is 0 Å². The first-order valence-corrected chi connectivity index (χ1v) is 9.57. The molecule has 2 aliphatic rings. The molecular weight excluding hydrogens is 342 g/mol. The lowest BCUT2D eigenvalue weighted by molar-refractivity contribution is -0.115. The number of hydrogen-bond acceptors (Lipinski definition) is 5. The minimum Gasteiger partial charge on any atom is -0.378 e. The number of rotatable bonds is 4. The minimum atomic E-state index is 0.0839. The highest BCUT2D eigenvalue weighted by Gasteiger charge is 2.44. The van der Waals surface area contributed by atoms with Crippen molar-refractivity contribution < 1.29 is 9.53 Å². The third-order valence-electron chi connectivity index (χ3n) is 5.89. The Hall–Kier alpha value is -2.25. The number of amides is 1. The zero-order valence-corrected chi connectivity index (χ0v) is 16.2. The van der Waals surface area contributed by atoms with Gasteiger partial charge in [0.15, 0.2) is 0 Å². The van der Waals surface area contributed by atoms with Gasteiger partial charge in [0.25, 0.3) is 5.91 Å². The molecule has 144 valence electrons. The molecule has 4 heterocycles. The lowest BCUT2D eigenvalue weighted by Crippen LogP contribution is -2.60. The van der Waals surface area contributed by atoms with Crippen LogP contribution in [-0.4, -0.2) is 69.4 Å². The zero-order chi connectivity index (χ0) is 19.0. The maximum Gasteiger partial charge on any atom is 0.272 e. The van der Waals surface area contributed by atoms with Crippen LogP contribution in [0.15, 0.2) is 30.6 Å². The highest BCUT2D eigenvalue weighted by Crippen LogP contribution is 2.39. The fourth-order valence-electron chi connectivity index (χ4n) is 4.42. The Morgan fingerprint density at radius 2 is 1.93 bits per heavy atom. The SMILES string of the molecule is CO[C@H]1CN(C2CCN(C(=O)c3cc(C)nn3C)CC2)[C@H]1c1ccncc1. The van der Waals surface area contributed by atoms with Crippen LogP contribution in [0.1, 0.15) is 40.6 Å². The smallest absolute Gasteiger partial charge is 0.272 e. The van der Waals surface area contributed by atoms with Gasteiger partial charge in [-0.3, -0.25) is 19.4 Å². The van der Waals surface area contributed by atoms with Crippen LogP contribution in [0.4, 0.5) is 0 Å². The van der Waals surface area contributed by atoms with Crippen LogP contribution in [0, 0.1) is 6.92 Å². The summed E-state index contributed by atoms with van der Waals surface area (Å²) >= 11 is 0. The summed E-state index contributed by atoms with van der Waals surface area (Å²) in [6.07, 6.45) is 5.89. The van der Waals surface area contributed by atoms with E-state index >= 15 is 0 Å². The summed E-state index contributed by atoms with van der Waals surface area (Å²) < 4.78 is 7.35. The standard InChI is InChI=1S/C20H27N5O2/c1-14-12-17(23(2)22-14)20(26)24-10-6-16(7-11-24)25-13-18(27-3)19(25)15-4-8-21-9-5-15/h4-5,8-9,12,16,18-19H,6-7,10-11,13H2,1-3H3/t18-,19-/m0/s1. The first-order chi connectivity index (χ1) is 13.1. The molecule has 2 atom stereocenters. The Morgan fingerprint density at radius 3 is 2.52 bits per heavy atom. The number of nitrogens with zero attached hydrogens (tertiary/aromatic N) is 5. The number of piperidine rings is 1. The molecule has 0 unspecified atom stereocenters. The van der Waals surface area contributed by atoms with Crippen LogP contribution in [0.25, 0.3) is 0 Å². The number of carbonyl (C=O) groups is 1. The van der Waals surface area contributed by atoms with Crippen molar-refractivity contribution >= 4 is 5.91 Å². The molecule has 2 aliphatic heterocycles. The van der Waals surface area contributed by atoms with Crippen LogP contribution >= 0.6 is 0 Å². The number of aromatic nitrogens is 3. The van der Waals surface area contributed by atoms with E-state index < -0.39 is 0 Å². The normalized spacial score (nSPS) is 24.0. The number of likely N-dealkylation sites (tertiary alicyclic amines) is 2. The Bertz CT molecular complexity index is 798. The molecule has 2 aromatic heterocycles. The fourth-order valence-corrected chi connectivity index (χ4v) is 4.42. The van der Waals surface area contributed by atoms with Crippen molar-refractivity contribution in [3.63, 3.8) is 0 Å².